The van der Waals surface area contributed by atoms with Crippen molar-refractivity contribution >= 4 is 15.0 Å². The maximum Gasteiger partial charge on any atom is 0.0281 e. The Morgan fingerprint density at radius 1 is 1.50 bits per heavy atom. The molecule has 0 bridgehead atoms. The molecule has 22 valence electrons. The van der Waals surface area contributed by atoms with Crippen molar-refractivity contribution in [3.05, 3.63) is 0 Å². The highest BCUT2D eigenvalue weighted by Gasteiger charge is 1.52. The van der Waals surface area contributed by atoms with Gasteiger partial charge < -0.3 is 0 Å². The van der Waals surface area contributed by atoms with Crippen LogP contribution in [0.2, 0.25) is 0 Å². The van der Waals surface area contributed by atoms with Gasteiger partial charge in [0.25, 0.3) is 0 Å². The van der Waals surface area contributed by atoms with E-state index in [4.69, 9.17) is 0 Å². The van der Waals surface area contributed by atoms with Crippen molar-refractivity contribution in [1.82, 2.24) is 0 Å². The molecule has 0 aromatic heterocycles. The zero-order valence-corrected chi connectivity index (χ0v) is 4.00. The predicted octanol–water partition coefficient (Wildman–Crippen LogP) is 0.367. The normalized spacial score (nSPS) is 6.50. The fourth-order valence-corrected chi connectivity index (χ4v) is 0. The summed E-state index contributed by atoms with van der Waals surface area (Å²) in [5, 5.41) is 1.22. The van der Waals surface area contributed by atoms with E-state index < -0.39 is 0 Å². The van der Waals surface area contributed by atoms with Gasteiger partial charge in [0.15, 0.2) is 0 Å². The first kappa shape index (κ1) is 4.09. The van der Waals surface area contributed by atoms with Gasteiger partial charge in [0.1, 0.15) is 0 Å². The van der Waals surface area contributed by atoms with Crippen LogP contribution in [-0.4, -0.2) is 15.0 Å². The van der Waals surface area contributed by atoms with Gasteiger partial charge in [-0.3, -0.25) is 0 Å². The van der Waals surface area contributed by atoms with Gasteiger partial charge in [0, 0.05) is 9.85 Å². The molecule has 0 aliphatic rings. The average molecular weight is 70.2 g/mol. The molecule has 0 aromatic carbocycles. The Morgan fingerprint density at radius 3 is 1.50 bits per heavy atom. The van der Waals surface area contributed by atoms with E-state index in [0.717, 1.165) is 0 Å². The molecular formula is C3H6Si. The molecule has 2 radical (unpaired) electrons. The third-order valence-electron chi connectivity index (χ3n) is 0. The molecule has 0 saturated carbocycles. The molecule has 0 atom stereocenters. The van der Waals surface area contributed by atoms with Crippen molar-refractivity contribution in [3.8, 4) is 0 Å². The second kappa shape index (κ2) is 1.41. The Balaban J connectivity index is 2.80. The lowest BCUT2D eigenvalue weighted by Crippen LogP contribution is -1.72. The quantitative estimate of drug-likeness (QED) is 0.361. The van der Waals surface area contributed by atoms with E-state index in [9.17, 15) is 0 Å². The molecule has 0 saturated heterocycles. The first-order chi connectivity index (χ1) is 1.73. The highest BCUT2D eigenvalue weighted by Crippen LogP contribution is 1.48. The van der Waals surface area contributed by atoms with E-state index in [-0.39, 0.29) is 0 Å². The van der Waals surface area contributed by atoms with Gasteiger partial charge in [-0.05, 0) is 13.8 Å². The topological polar surface area (TPSA) is 0 Å². The van der Waals surface area contributed by atoms with Gasteiger partial charge >= 0.3 is 0 Å². The molecule has 0 heterocycles. The molecule has 0 spiro atoms. The van der Waals surface area contributed by atoms with Gasteiger partial charge in [-0.2, -0.15) is 0 Å². The zero-order chi connectivity index (χ0) is 3.58. The zero-order valence-electron chi connectivity index (χ0n) is 3.00. The number of rotatable bonds is 0. The van der Waals surface area contributed by atoms with E-state index in [1.54, 1.807) is 0 Å². The minimum atomic E-state index is 1.22. The molecular weight excluding hydrogens is 64.1 g/mol. The summed E-state index contributed by atoms with van der Waals surface area (Å²) in [4.78, 5) is 0. The minimum Gasteiger partial charge on any atom is -0.0948 e. The van der Waals surface area contributed by atoms with Crippen LogP contribution in [0, 0.1) is 0 Å². The highest BCUT2D eigenvalue weighted by molar-refractivity contribution is 6.36. The number of hydrogen-bond donors (Lipinski definition) is 0. The summed E-state index contributed by atoms with van der Waals surface area (Å²) in [6.45, 7) is 3.99. The summed E-state index contributed by atoms with van der Waals surface area (Å²) >= 11 is 0. The van der Waals surface area contributed by atoms with Crippen molar-refractivity contribution in [3.63, 3.8) is 0 Å². The van der Waals surface area contributed by atoms with Crippen molar-refractivity contribution in [2.45, 2.75) is 13.8 Å². The minimum absolute atomic E-state index is 1.22. The van der Waals surface area contributed by atoms with E-state index >= 15 is 0 Å². The first-order valence-electron chi connectivity index (χ1n) is 1.25. The molecule has 0 nitrogen and oxygen atoms in total. The lowest BCUT2D eigenvalue weighted by molar-refractivity contribution is 1.85. The Kier molecular flexibility index (Phi) is 1.44. The fourth-order valence-electron chi connectivity index (χ4n) is 0. The second-order valence-electron chi connectivity index (χ2n) is 1.00. The lowest BCUT2D eigenvalue weighted by Gasteiger charge is -1.64. The van der Waals surface area contributed by atoms with Gasteiger partial charge in [0.05, 0.1) is 0 Å². The SMILES string of the molecule is CC(C)=[Si]. The molecule has 0 aromatic rings. The van der Waals surface area contributed by atoms with Crippen molar-refractivity contribution in [2.24, 2.45) is 0 Å². The largest absolute Gasteiger partial charge is 0.0948 e. The summed E-state index contributed by atoms with van der Waals surface area (Å²) in [6, 6.07) is 0. The van der Waals surface area contributed by atoms with Crippen molar-refractivity contribution in [1.29, 1.82) is 0 Å². The molecule has 0 amide bonds. The summed E-state index contributed by atoms with van der Waals surface area (Å²) in [7, 11) is 3.23. The number of hydrogen-bond acceptors (Lipinski definition) is 0. The second-order valence-corrected chi connectivity index (χ2v) is 2.00. The van der Waals surface area contributed by atoms with Crippen LogP contribution in [0.15, 0.2) is 0 Å². The molecule has 0 N–H and O–H groups in total. The maximum absolute atomic E-state index is 3.23. The molecule has 0 aliphatic heterocycles. The van der Waals surface area contributed by atoms with Crippen LogP contribution >= 0.6 is 0 Å². The Bertz CT molecular complexity index is 26.3. The van der Waals surface area contributed by atoms with Crippen LogP contribution in [0.5, 0.6) is 0 Å². The third kappa shape index (κ3) is 327. The predicted molar refractivity (Wildman–Crippen MR) is 22.1 cm³/mol. The Hall–Kier alpha value is 0.0869. The smallest absolute Gasteiger partial charge is 0.0281 e. The molecule has 0 rings (SSSR count). The standard InChI is InChI=1S/C3H6Si/c1-3(2)4/h1-2H3. The van der Waals surface area contributed by atoms with E-state index in [1.807, 2.05) is 13.8 Å². The lowest BCUT2D eigenvalue weighted by atomic mass is 10.6. The van der Waals surface area contributed by atoms with Crippen LogP contribution in [-0.2, 0) is 0 Å². The van der Waals surface area contributed by atoms with Crippen LogP contribution in [0.1, 0.15) is 13.8 Å². The molecule has 4 heavy (non-hydrogen) atoms. The maximum atomic E-state index is 3.23. The summed E-state index contributed by atoms with van der Waals surface area (Å²) in [6.07, 6.45) is 0. The van der Waals surface area contributed by atoms with Crippen molar-refractivity contribution < 1.29 is 0 Å². The molecule has 0 aliphatic carbocycles. The Morgan fingerprint density at radius 2 is 1.50 bits per heavy atom. The monoisotopic (exact) mass is 70.0 g/mol. The van der Waals surface area contributed by atoms with Crippen LogP contribution < -0.4 is 0 Å². The molecule has 0 fully saturated rings. The summed E-state index contributed by atoms with van der Waals surface area (Å²) in [5.41, 5.74) is 0. The van der Waals surface area contributed by atoms with Gasteiger partial charge in [0.2, 0.25) is 0 Å². The van der Waals surface area contributed by atoms with E-state index in [2.05, 4.69) is 9.85 Å². The highest BCUT2D eigenvalue weighted by atomic mass is 28.1. The molecule has 0 unspecified atom stereocenters. The average Bonchev–Trinajstić information content (AvgIpc) is 0.811. The van der Waals surface area contributed by atoms with Crippen molar-refractivity contribution in [2.75, 3.05) is 0 Å². The fraction of sp³-hybridized carbons (Fsp3) is 0.667. The van der Waals surface area contributed by atoms with Crippen LogP contribution in [0.25, 0.3) is 0 Å². The Labute approximate surface area is 29.9 Å². The molecule has 1 heteroatoms. The van der Waals surface area contributed by atoms with Gasteiger partial charge in [-0.15, -0.1) is 0 Å². The van der Waals surface area contributed by atoms with E-state index in [1.165, 1.54) is 5.17 Å². The third-order valence-corrected chi connectivity index (χ3v) is 0. The van der Waals surface area contributed by atoms with Crippen LogP contribution in [0.3, 0.4) is 0 Å². The van der Waals surface area contributed by atoms with Gasteiger partial charge in [-0.1, -0.05) is 5.17 Å². The first-order valence-corrected chi connectivity index (χ1v) is 1.75. The van der Waals surface area contributed by atoms with Crippen LogP contribution in [0.4, 0.5) is 0 Å². The summed E-state index contributed by atoms with van der Waals surface area (Å²) in [5.74, 6) is 0. The van der Waals surface area contributed by atoms with E-state index in [0.29, 0.717) is 0 Å². The van der Waals surface area contributed by atoms with Gasteiger partial charge in [-0.25, -0.2) is 0 Å². The summed E-state index contributed by atoms with van der Waals surface area (Å²) < 4.78 is 0.